The quantitative estimate of drug-likeness (QED) is 0.346. The van der Waals surface area contributed by atoms with E-state index >= 15 is 0 Å². The van der Waals surface area contributed by atoms with Crippen molar-refractivity contribution in [1.82, 2.24) is 4.90 Å². The van der Waals surface area contributed by atoms with Crippen molar-refractivity contribution in [1.29, 1.82) is 0 Å². The minimum absolute atomic E-state index is 0.283. The SMILES string of the molecule is O=C(O)C(=O)O.OC1(c2ccc(Cl)cc2)CCN(CCCN(c2ccc(F)cc2)c2ccc(F)cc2)CC1. The maximum absolute atomic E-state index is 13.4. The summed E-state index contributed by atoms with van der Waals surface area (Å²) in [4.78, 5) is 22.6. The molecule has 3 aromatic rings. The number of carboxylic acid groups (broad SMARTS) is 2. The fourth-order valence-electron chi connectivity index (χ4n) is 4.30. The summed E-state index contributed by atoms with van der Waals surface area (Å²) in [5.74, 6) is -4.21. The molecule has 1 saturated heterocycles. The molecule has 1 heterocycles. The summed E-state index contributed by atoms with van der Waals surface area (Å²) in [6.07, 6.45) is 2.23. The molecule has 3 aromatic carbocycles. The Balaban J connectivity index is 0.000000599. The molecule has 0 radical (unpaired) electrons. The number of rotatable bonds is 7. The molecule has 3 N–H and O–H groups in total. The van der Waals surface area contributed by atoms with Crippen LogP contribution >= 0.6 is 11.6 Å². The second-order valence-electron chi connectivity index (χ2n) is 8.95. The molecular weight excluding hydrogens is 518 g/mol. The van der Waals surface area contributed by atoms with Crippen LogP contribution < -0.4 is 4.90 Å². The largest absolute Gasteiger partial charge is 0.473 e. The predicted octanol–water partition coefficient (Wildman–Crippen LogP) is 5.29. The van der Waals surface area contributed by atoms with Crippen LogP contribution in [-0.2, 0) is 15.2 Å². The monoisotopic (exact) mass is 546 g/mol. The molecule has 0 unspecified atom stereocenters. The Morgan fingerprint density at radius 1 is 0.816 bits per heavy atom. The van der Waals surface area contributed by atoms with E-state index in [0.29, 0.717) is 17.9 Å². The molecule has 1 aliphatic heterocycles. The lowest BCUT2D eigenvalue weighted by molar-refractivity contribution is -0.159. The minimum Gasteiger partial charge on any atom is -0.473 e. The number of aliphatic hydroxyl groups is 1. The molecule has 0 aliphatic carbocycles. The summed E-state index contributed by atoms with van der Waals surface area (Å²) >= 11 is 5.97. The maximum atomic E-state index is 13.4. The lowest BCUT2D eigenvalue weighted by Gasteiger charge is -2.39. The third kappa shape index (κ3) is 8.24. The van der Waals surface area contributed by atoms with Crippen LogP contribution in [0.5, 0.6) is 0 Å². The maximum Gasteiger partial charge on any atom is 0.414 e. The summed E-state index contributed by atoms with van der Waals surface area (Å²) < 4.78 is 26.8. The van der Waals surface area contributed by atoms with Crippen LogP contribution in [0, 0.1) is 11.6 Å². The van der Waals surface area contributed by atoms with E-state index in [1.165, 1.54) is 24.3 Å². The number of hydrogen-bond donors (Lipinski definition) is 3. The van der Waals surface area contributed by atoms with Crippen molar-refractivity contribution in [2.75, 3.05) is 31.1 Å². The van der Waals surface area contributed by atoms with Gasteiger partial charge < -0.3 is 25.1 Å². The van der Waals surface area contributed by atoms with Crippen LogP contribution in [0.2, 0.25) is 5.02 Å². The zero-order valence-electron chi connectivity index (χ0n) is 20.6. The fraction of sp³-hybridized carbons (Fsp3) is 0.286. The number of benzene rings is 3. The van der Waals surface area contributed by atoms with Gasteiger partial charge in [0.25, 0.3) is 0 Å². The molecule has 38 heavy (non-hydrogen) atoms. The van der Waals surface area contributed by atoms with Gasteiger partial charge in [-0.25, -0.2) is 18.4 Å². The third-order valence-corrected chi connectivity index (χ3v) is 6.63. The van der Waals surface area contributed by atoms with Gasteiger partial charge in [-0.2, -0.15) is 0 Å². The highest BCUT2D eigenvalue weighted by Gasteiger charge is 2.33. The summed E-state index contributed by atoms with van der Waals surface area (Å²) in [6.45, 7) is 3.23. The smallest absolute Gasteiger partial charge is 0.414 e. The lowest BCUT2D eigenvalue weighted by atomic mass is 9.84. The van der Waals surface area contributed by atoms with Crippen molar-refractivity contribution < 1.29 is 33.7 Å². The number of nitrogens with zero attached hydrogens (tertiary/aromatic N) is 2. The minimum atomic E-state index is -1.82. The van der Waals surface area contributed by atoms with Crippen LogP contribution in [0.4, 0.5) is 20.2 Å². The van der Waals surface area contributed by atoms with Crippen LogP contribution in [0.1, 0.15) is 24.8 Å². The summed E-state index contributed by atoms with van der Waals surface area (Å²) in [7, 11) is 0. The van der Waals surface area contributed by atoms with E-state index in [1.54, 1.807) is 24.3 Å². The number of aliphatic carboxylic acids is 2. The average molecular weight is 547 g/mol. The Hall–Kier alpha value is -3.53. The van der Waals surface area contributed by atoms with Crippen molar-refractivity contribution in [3.63, 3.8) is 0 Å². The molecule has 4 rings (SSSR count). The average Bonchev–Trinajstić information content (AvgIpc) is 2.90. The highest BCUT2D eigenvalue weighted by Crippen LogP contribution is 2.33. The van der Waals surface area contributed by atoms with Crippen LogP contribution in [0.25, 0.3) is 0 Å². The normalized spacial score (nSPS) is 14.7. The Morgan fingerprint density at radius 3 is 1.68 bits per heavy atom. The van der Waals surface area contributed by atoms with Gasteiger partial charge in [-0.1, -0.05) is 23.7 Å². The van der Waals surface area contributed by atoms with E-state index in [4.69, 9.17) is 31.4 Å². The van der Waals surface area contributed by atoms with E-state index in [9.17, 15) is 13.9 Å². The van der Waals surface area contributed by atoms with E-state index in [2.05, 4.69) is 9.80 Å². The summed E-state index contributed by atoms with van der Waals surface area (Å²) in [6, 6.07) is 20.2. The van der Waals surface area contributed by atoms with E-state index in [1.807, 2.05) is 24.3 Å². The van der Waals surface area contributed by atoms with Crippen molar-refractivity contribution in [2.24, 2.45) is 0 Å². The van der Waals surface area contributed by atoms with Gasteiger partial charge in [0.2, 0.25) is 0 Å². The number of likely N-dealkylation sites (tertiary alicyclic amines) is 1. The molecule has 0 spiro atoms. The molecule has 10 heteroatoms. The first kappa shape index (κ1) is 29.0. The van der Waals surface area contributed by atoms with Gasteiger partial charge in [-0.05, 0) is 92.0 Å². The van der Waals surface area contributed by atoms with Crippen molar-refractivity contribution in [2.45, 2.75) is 24.9 Å². The Morgan fingerprint density at radius 2 is 1.26 bits per heavy atom. The molecule has 0 aromatic heterocycles. The van der Waals surface area contributed by atoms with Gasteiger partial charge in [0.15, 0.2) is 0 Å². The molecule has 0 saturated carbocycles. The molecule has 7 nitrogen and oxygen atoms in total. The van der Waals surface area contributed by atoms with Crippen molar-refractivity contribution in [3.8, 4) is 0 Å². The number of hydrogen-bond acceptors (Lipinski definition) is 5. The molecule has 202 valence electrons. The number of carboxylic acids is 2. The van der Waals surface area contributed by atoms with Crippen LogP contribution in [0.15, 0.2) is 72.8 Å². The van der Waals surface area contributed by atoms with Gasteiger partial charge >= 0.3 is 11.9 Å². The number of anilines is 2. The van der Waals surface area contributed by atoms with Gasteiger partial charge in [-0.3, -0.25) is 0 Å². The van der Waals surface area contributed by atoms with Gasteiger partial charge in [-0.15, -0.1) is 0 Å². The first-order valence-electron chi connectivity index (χ1n) is 12.0. The van der Waals surface area contributed by atoms with Crippen molar-refractivity contribution >= 4 is 34.9 Å². The third-order valence-electron chi connectivity index (χ3n) is 6.38. The Bertz CT molecular complexity index is 1140. The number of halogens is 3. The highest BCUT2D eigenvalue weighted by atomic mass is 35.5. The second-order valence-corrected chi connectivity index (χ2v) is 9.38. The first-order valence-corrected chi connectivity index (χ1v) is 12.4. The standard InChI is InChI=1S/C26H27ClF2N2O.C2H2O4/c27-21-4-2-20(3-5-21)26(32)14-18-30(19-15-26)16-1-17-31(24-10-6-22(28)7-11-24)25-12-8-23(29)9-13-25;3-1(4)2(5)6/h2-13,32H,1,14-19H2;(H,3,4)(H,5,6). The van der Waals surface area contributed by atoms with E-state index in [0.717, 1.165) is 49.5 Å². The topological polar surface area (TPSA) is 101 Å². The zero-order chi connectivity index (χ0) is 27.7. The summed E-state index contributed by atoms with van der Waals surface area (Å²) in [5.41, 5.74) is 1.85. The molecular formula is C28H29ClF2N2O5. The zero-order valence-corrected chi connectivity index (χ0v) is 21.3. The van der Waals surface area contributed by atoms with E-state index in [-0.39, 0.29) is 11.6 Å². The lowest BCUT2D eigenvalue weighted by Crippen LogP contribution is -2.43. The Labute approximate surface area is 224 Å². The molecule has 1 fully saturated rings. The first-order chi connectivity index (χ1) is 18.1. The van der Waals surface area contributed by atoms with Crippen LogP contribution in [0.3, 0.4) is 0 Å². The highest BCUT2D eigenvalue weighted by molar-refractivity contribution is 6.30. The van der Waals surface area contributed by atoms with Gasteiger partial charge in [0.05, 0.1) is 5.60 Å². The predicted molar refractivity (Wildman–Crippen MR) is 141 cm³/mol. The van der Waals surface area contributed by atoms with E-state index < -0.39 is 17.5 Å². The molecule has 1 aliphatic rings. The van der Waals surface area contributed by atoms with Gasteiger partial charge in [0.1, 0.15) is 11.6 Å². The number of carbonyl (C=O) groups is 2. The molecule has 0 amide bonds. The fourth-order valence-corrected chi connectivity index (χ4v) is 4.42. The van der Waals surface area contributed by atoms with Gasteiger partial charge in [0, 0.05) is 36.0 Å². The number of piperidine rings is 1. The van der Waals surface area contributed by atoms with Crippen LogP contribution in [-0.4, -0.2) is 58.3 Å². The summed E-state index contributed by atoms with van der Waals surface area (Å²) in [5, 5.41) is 26.5. The molecule has 0 atom stereocenters. The second kappa shape index (κ2) is 13.3. The van der Waals surface area contributed by atoms with Crippen molar-refractivity contribution in [3.05, 3.63) is 95.0 Å². The Kier molecular flexibility index (Phi) is 10.2. The molecule has 0 bridgehead atoms.